The molecule has 0 bridgehead atoms. The first-order valence-electron chi connectivity index (χ1n) is 14.9. The molecular weight excluding hydrogens is 749 g/mol. The van der Waals surface area contributed by atoms with Gasteiger partial charge in [-0.25, -0.2) is 15.4 Å². The zero-order valence-corrected chi connectivity index (χ0v) is 28.5. The van der Waals surface area contributed by atoms with Crippen molar-refractivity contribution in [2.45, 2.75) is 18.8 Å². The van der Waals surface area contributed by atoms with Crippen LogP contribution in [0.25, 0.3) is 17.2 Å². The minimum absolute atomic E-state index is 0.00245. The Morgan fingerprint density at radius 2 is 1.73 bits per heavy atom. The van der Waals surface area contributed by atoms with Crippen molar-refractivity contribution in [2.24, 2.45) is 0 Å². The summed E-state index contributed by atoms with van der Waals surface area (Å²) in [4.78, 5) is 42.9. The number of carbonyl (C=O) groups excluding carboxylic acids is 2. The number of rotatable bonds is 12. The van der Waals surface area contributed by atoms with E-state index in [0.717, 1.165) is 28.1 Å². The number of carboxylic acids is 1. The zero-order valence-electron chi connectivity index (χ0n) is 26.1. The summed E-state index contributed by atoms with van der Waals surface area (Å²) >= 11 is 7.18. The Morgan fingerprint density at radius 1 is 1.04 bits per heavy atom. The summed E-state index contributed by atoms with van der Waals surface area (Å²) in [6.45, 7) is 2.69. The molecule has 0 saturated carbocycles. The van der Waals surface area contributed by atoms with Gasteiger partial charge < -0.3 is 19.9 Å². The molecule has 2 aliphatic heterocycles. The van der Waals surface area contributed by atoms with Crippen LogP contribution in [0, 0.1) is 0 Å². The maximum absolute atomic E-state index is 13.6. The summed E-state index contributed by atoms with van der Waals surface area (Å²) in [6, 6.07) is 5.31. The molecule has 51 heavy (non-hydrogen) atoms. The molecule has 2 saturated heterocycles. The van der Waals surface area contributed by atoms with E-state index in [4.69, 9.17) is 26.8 Å². The van der Waals surface area contributed by atoms with Crippen LogP contribution in [0.15, 0.2) is 46.7 Å². The number of aliphatic carboxylic acids is 1. The highest BCUT2D eigenvalue weighted by atomic mass is 32.2. The van der Waals surface area contributed by atoms with E-state index in [1.54, 1.807) is 0 Å². The molecule has 3 heterocycles. The number of carbonyl (C=O) groups is 3. The summed E-state index contributed by atoms with van der Waals surface area (Å²) in [7, 11) is 0. The van der Waals surface area contributed by atoms with Gasteiger partial charge in [0.05, 0.1) is 47.9 Å². The molecular formula is C31H27F6N5O6S3. The van der Waals surface area contributed by atoms with Crippen molar-refractivity contribution in [3.63, 3.8) is 0 Å². The van der Waals surface area contributed by atoms with E-state index >= 15 is 0 Å². The van der Waals surface area contributed by atoms with Gasteiger partial charge in [0.1, 0.15) is 12.4 Å². The number of hydrazine groups is 1. The number of hydrogen-bond donors (Lipinski definition) is 3. The number of hydrogen-bond acceptors (Lipinski definition) is 11. The lowest BCUT2D eigenvalue weighted by Gasteiger charge is -2.26. The number of carboxylic acid groups (broad SMARTS) is 1. The number of ether oxygens (including phenoxy) is 2. The third kappa shape index (κ3) is 10.3. The Labute approximate surface area is 299 Å². The predicted octanol–water partition coefficient (Wildman–Crippen LogP) is 5.53. The Balaban J connectivity index is 1.38. The molecule has 0 spiro atoms. The highest BCUT2D eigenvalue weighted by molar-refractivity contribution is 8.26. The van der Waals surface area contributed by atoms with Crippen LogP contribution in [0.4, 0.5) is 31.5 Å². The summed E-state index contributed by atoms with van der Waals surface area (Å²) < 4.78 is 93.1. The van der Waals surface area contributed by atoms with Crippen LogP contribution in [0.1, 0.15) is 22.4 Å². The zero-order chi connectivity index (χ0) is 36.9. The Kier molecular flexibility index (Phi) is 12.0. The highest BCUT2D eigenvalue weighted by Gasteiger charge is 2.37. The average molecular weight is 776 g/mol. The molecule has 20 heteroatoms. The maximum atomic E-state index is 13.6. The van der Waals surface area contributed by atoms with Gasteiger partial charge in [-0.3, -0.25) is 19.3 Å². The topological polar surface area (TPSA) is 133 Å². The molecule has 1 aromatic heterocycles. The van der Waals surface area contributed by atoms with Crippen LogP contribution in [-0.2, 0) is 37.9 Å². The van der Waals surface area contributed by atoms with Crippen molar-refractivity contribution >= 4 is 68.6 Å². The third-order valence-electron chi connectivity index (χ3n) is 7.31. The average Bonchev–Trinajstić information content (AvgIpc) is 3.60. The van der Waals surface area contributed by atoms with Gasteiger partial charge in [0.2, 0.25) is 5.91 Å². The quantitative estimate of drug-likeness (QED) is 0.122. The second-order valence-electron chi connectivity index (χ2n) is 11.0. The van der Waals surface area contributed by atoms with Crippen molar-refractivity contribution in [1.29, 1.82) is 0 Å². The SMILES string of the molecule is O=C(O)Cc1csc(NC(=O)CNN2C(=O)/C(=C/c3cc(-c4cc(C(F)(F)F)cc(C(F)(F)F)c4)ccc3OCCN3CCOCC3)SC2=S)n1. The summed E-state index contributed by atoms with van der Waals surface area (Å²) in [5.74, 6) is -2.18. The molecule has 3 N–H and O–H groups in total. The fraction of sp³-hybridized carbons (Fsp3) is 0.323. The number of aromatic nitrogens is 1. The Bertz CT molecular complexity index is 1810. The number of thiazole rings is 1. The molecule has 0 radical (unpaired) electrons. The number of halogens is 6. The molecule has 5 rings (SSSR count). The van der Waals surface area contributed by atoms with Gasteiger partial charge in [-0.05, 0) is 47.5 Å². The van der Waals surface area contributed by atoms with Crippen LogP contribution in [0.3, 0.4) is 0 Å². The lowest BCUT2D eigenvalue weighted by molar-refractivity contribution is -0.143. The fourth-order valence-corrected chi connectivity index (χ4v) is 6.80. The molecule has 272 valence electrons. The number of anilines is 1. The number of thiocarbonyl (C=S) groups is 1. The number of nitrogens with one attached hydrogen (secondary N) is 2. The maximum Gasteiger partial charge on any atom is 0.416 e. The van der Waals surface area contributed by atoms with Gasteiger partial charge in [-0.15, -0.1) is 11.3 Å². The fourth-order valence-electron chi connectivity index (χ4n) is 4.86. The summed E-state index contributed by atoms with van der Waals surface area (Å²) in [5.41, 5.74) is -0.281. The number of morpholine rings is 1. The molecule has 2 aliphatic rings. The Hall–Kier alpha value is -4.08. The van der Waals surface area contributed by atoms with E-state index < -0.39 is 47.8 Å². The molecule has 0 aliphatic carbocycles. The summed E-state index contributed by atoms with van der Waals surface area (Å²) in [5, 5.41) is 13.9. The smallest absolute Gasteiger partial charge is 0.416 e. The molecule has 3 aromatic rings. The van der Waals surface area contributed by atoms with Gasteiger partial charge in [0, 0.05) is 30.6 Å². The van der Waals surface area contributed by atoms with Crippen LogP contribution in [0.2, 0.25) is 0 Å². The molecule has 0 atom stereocenters. The van der Waals surface area contributed by atoms with E-state index in [2.05, 4.69) is 20.6 Å². The van der Waals surface area contributed by atoms with E-state index in [9.17, 15) is 40.7 Å². The number of amides is 2. The van der Waals surface area contributed by atoms with Gasteiger partial charge in [0.15, 0.2) is 9.45 Å². The summed E-state index contributed by atoms with van der Waals surface area (Å²) in [6.07, 6.45) is -9.08. The highest BCUT2D eigenvalue weighted by Crippen LogP contribution is 2.40. The number of thioether (sulfide) groups is 1. The van der Waals surface area contributed by atoms with Crippen molar-refractivity contribution in [1.82, 2.24) is 20.3 Å². The Morgan fingerprint density at radius 3 is 2.37 bits per heavy atom. The predicted molar refractivity (Wildman–Crippen MR) is 180 cm³/mol. The van der Waals surface area contributed by atoms with E-state index in [-0.39, 0.29) is 61.6 Å². The largest absolute Gasteiger partial charge is 0.492 e. The van der Waals surface area contributed by atoms with Crippen molar-refractivity contribution in [3.8, 4) is 16.9 Å². The van der Waals surface area contributed by atoms with Crippen molar-refractivity contribution < 1.29 is 55.3 Å². The van der Waals surface area contributed by atoms with Crippen LogP contribution in [0.5, 0.6) is 5.75 Å². The number of benzene rings is 2. The number of alkyl halides is 6. The monoisotopic (exact) mass is 775 g/mol. The van der Waals surface area contributed by atoms with Crippen molar-refractivity contribution in [3.05, 3.63) is 69.1 Å². The third-order valence-corrected chi connectivity index (χ3v) is 9.42. The van der Waals surface area contributed by atoms with Gasteiger partial charge in [-0.1, -0.05) is 30.0 Å². The molecule has 2 amide bonds. The molecule has 2 aromatic carbocycles. The van der Waals surface area contributed by atoms with Gasteiger partial charge in [-0.2, -0.15) is 26.3 Å². The van der Waals surface area contributed by atoms with E-state index in [1.807, 2.05) is 0 Å². The lowest BCUT2D eigenvalue weighted by Crippen LogP contribution is -2.44. The minimum atomic E-state index is -5.05. The first kappa shape index (κ1) is 38.2. The van der Waals surface area contributed by atoms with Crippen LogP contribution < -0.4 is 15.5 Å². The van der Waals surface area contributed by atoms with Gasteiger partial charge >= 0.3 is 18.3 Å². The van der Waals surface area contributed by atoms with E-state index in [0.29, 0.717) is 45.0 Å². The van der Waals surface area contributed by atoms with Gasteiger partial charge in [0.25, 0.3) is 5.91 Å². The second-order valence-corrected chi connectivity index (χ2v) is 13.5. The molecule has 0 unspecified atom stereocenters. The molecule has 2 fully saturated rings. The standard InChI is InChI=1S/C31H27F6N5O6S3/c32-30(33,34)20-10-18(11-21(13-20)31(35,36)37)17-1-2-23(48-8-5-41-3-6-47-7-4-41)19(9-17)12-24-27(46)42(29(49)51-24)38-15-25(43)40-28-39-22(16-50-28)14-26(44)45/h1-2,9-13,16,38H,3-8,14-15H2,(H,44,45)(H,39,40,43)/b24-12-. The van der Waals surface area contributed by atoms with E-state index in [1.165, 1.54) is 29.7 Å². The van der Waals surface area contributed by atoms with Crippen LogP contribution >= 0.6 is 35.3 Å². The van der Waals surface area contributed by atoms with Crippen molar-refractivity contribution in [2.75, 3.05) is 51.3 Å². The minimum Gasteiger partial charge on any atom is -0.492 e. The first-order valence-corrected chi connectivity index (χ1v) is 17.0. The normalized spacial score (nSPS) is 16.6. The van der Waals surface area contributed by atoms with Crippen LogP contribution in [-0.4, -0.2) is 88.1 Å². The first-order chi connectivity index (χ1) is 24.1. The lowest BCUT2D eigenvalue weighted by atomic mass is 9.97. The number of nitrogens with zero attached hydrogens (tertiary/aromatic N) is 3. The second kappa shape index (κ2) is 16.1. The molecule has 11 nitrogen and oxygen atoms in total.